The van der Waals surface area contributed by atoms with Gasteiger partial charge in [-0.15, -0.1) is 0 Å². The number of hydrogen-bond donors (Lipinski definition) is 2. The lowest BCUT2D eigenvalue weighted by Crippen LogP contribution is -2.40. The molecule has 0 radical (unpaired) electrons. The number of furan rings is 1. The molecule has 0 bridgehead atoms. The molecular weight excluding hydrogens is 328 g/mol. The molecule has 0 aliphatic heterocycles. The Morgan fingerprint density at radius 2 is 2.08 bits per heavy atom. The average molecular weight is 356 g/mol. The maximum atomic E-state index is 12.7. The first-order chi connectivity index (χ1) is 12.6. The quantitative estimate of drug-likeness (QED) is 0.864. The van der Waals surface area contributed by atoms with Crippen LogP contribution in [0.3, 0.4) is 0 Å². The SMILES string of the molecule is Cc1ccc(CNC(=O)c2nn(C)c3c2C[C@H](NC2CCCC2)CC3)o1. The average Bonchev–Trinajstić information content (AvgIpc) is 3.35. The van der Waals surface area contributed by atoms with E-state index in [0.29, 0.717) is 24.3 Å². The Kier molecular flexibility index (Phi) is 4.85. The van der Waals surface area contributed by atoms with Gasteiger partial charge in [-0.2, -0.15) is 5.10 Å². The number of aryl methyl sites for hydroxylation is 2. The summed E-state index contributed by atoms with van der Waals surface area (Å²) in [5.74, 6) is 1.50. The number of carbonyl (C=O) groups is 1. The van der Waals surface area contributed by atoms with E-state index in [-0.39, 0.29) is 5.91 Å². The van der Waals surface area contributed by atoms with E-state index in [2.05, 4.69) is 15.7 Å². The second kappa shape index (κ2) is 7.27. The number of rotatable bonds is 5. The Bertz CT molecular complexity index is 786. The molecule has 6 heteroatoms. The predicted octanol–water partition coefficient (Wildman–Crippen LogP) is 2.64. The number of nitrogens with one attached hydrogen (secondary N) is 2. The van der Waals surface area contributed by atoms with Gasteiger partial charge in [0.2, 0.25) is 0 Å². The number of fused-ring (bicyclic) bond motifs is 1. The number of carbonyl (C=O) groups excluding carboxylic acids is 1. The molecular formula is C20H28N4O2. The van der Waals surface area contributed by atoms with E-state index in [0.717, 1.165) is 36.3 Å². The first-order valence-corrected chi connectivity index (χ1v) is 9.74. The fourth-order valence-corrected chi connectivity index (χ4v) is 4.37. The summed E-state index contributed by atoms with van der Waals surface area (Å²) in [6, 6.07) is 4.90. The van der Waals surface area contributed by atoms with Crippen LogP contribution in [-0.4, -0.2) is 27.8 Å². The summed E-state index contributed by atoms with van der Waals surface area (Å²) < 4.78 is 7.41. The van der Waals surface area contributed by atoms with Crippen LogP contribution < -0.4 is 10.6 Å². The Labute approximate surface area is 154 Å². The van der Waals surface area contributed by atoms with Gasteiger partial charge in [0, 0.05) is 30.4 Å². The second-order valence-electron chi connectivity index (χ2n) is 7.68. The molecule has 2 heterocycles. The largest absolute Gasteiger partial charge is 0.465 e. The number of hydrogen-bond acceptors (Lipinski definition) is 4. The molecule has 4 rings (SSSR count). The molecule has 0 saturated heterocycles. The van der Waals surface area contributed by atoms with Gasteiger partial charge in [-0.05, 0) is 51.2 Å². The highest BCUT2D eigenvalue weighted by atomic mass is 16.3. The molecule has 0 aromatic carbocycles. The molecule has 26 heavy (non-hydrogen) atoms. The summed E-state index contributed by atoms with van der Waals surface area (Å²) >= 11 is 0. The van der Waals surface area contributed by atoms with E-state index >= 15 is 0 Å². The van der Waals surface area contributed by atoms with Crippen molar-refractivity contribution in [3.63, 3.8) is 0 Å². The van der Waals surface area contributed by atoms with Crippen molar-refractivity contribution in [1.29, 1.82) is 0 Å². The standard InChI is InChI=1S/C20H28N4O2/c1-13-7-9-16(26-13)12-21-20(25)19-17-11-15(22-14-5-3-4-6-14)8-10-18(17)24(2)23-19/h7,9,14-15,22H,3-6,8,10-12H2,1-2H3,(H,21,25)/t15-/m1/s1. The molecule has 1 saturated carbocycles. The maximum absolute atomic E-state index is 12.7. The van der Waals surface area contributed by atoms with E-state index in [1.54, 1.807) is 0 Å². The van der Waals surface area contributed by atoms with Crippen LogP contribution in [-0.2, 0) is 26.4 Å². The van der Waals surface area contributed by atoms with Crippen LogP contribution >= 0.6 is 0 Å². The van der Waals surface area contributed by atoms with Gasteiger partial charge >= 0.3 is 0 Å². The molecule has 2 aliphatic rings. The molecule has 1 atom stereocenters. The lowest BCUT2D eigenvalue weighted by molar-refractivity contribution is 0.0941. The van der Waals surface area contributed by atoms with Gasteiger partial charge in [0.05, 0.1) is 6.54 Å². The van der Waals surface area contributed by atoms with E-state index in [9.17, 15) is 4.79 Å². The first kappa shape index (κ1) is 17.3. The fraction of sp³-hybridized carbons (Fsp3) is 0.600. The minimum Gasteiger partial charge on any atom is -0.465 e. The normalized spacial score (nSPS) is 20.3. The highest BCUT2D eigenvalue weighted by Gasteiger charge is 2.29. The van der Waals surface area contributed by atoms with Crippen LogP contribution in [0.4, 0.5) is 0 Å². The zero-order valence-corrected chi connectivity index (χ0v) is 15.7. The van der Waals surface area contributed by atoms with Crippen LogP contribution in [0.2, 0.25) is 0 Å². The van der Waals surface area contributed by atoms with Gasteiger partial charge in [-0.1, -0.05) is 12.8 Å². The third-order valence-corrected chi connectivity index (χ3v) is 5.72. The van der Waals surface area contributed by atoms with Gasteiger partial charge in [0.15, 0.2) is 5.69 Å². The molecule has 1 amide bonds. The molecule has 2 N–H and O–H groups in total. The van der Waals surface area contributed by atoms with E-state index in [4.69, 9.17) is 4.42 Å². The van der Waals surface area contributed by atoms with E-state index in [1.807, 2.05) is 30.8 Å². The first-order valence-electron chi connectivity index (χ1n) is 9.74. The number of nitrogens with zero attached hydrogens (tertiary/aromatic N) is 2. The van der Waals surface area contributed by atoms with Gasteiger partial charge in [0.25, 0.3) is 5.91 Å². The van der Waals surface area contributed by atoms with Crippen molar-refractivity contribution in [2.24, 2.45) is 7.05 Å². The Balaban J connectivity index is 1.44. The summed E-state index contributed by atoms with van der Waals surface area (Å²) in [5, 5.41) is 11.3. The van der Waals surface area contributed by atoms with Crippen LogP contribution in [0, 0.1) is 6.92 Å². The lowest BCUT2D eigenvalue weighted by atomic mass is 9.90. The third kappa shape index (κ3) is 3.56. The van der Waals surface area contributed by atoms with Crippen molar-refractivity contribution in [2.75, 3.05) is 0 Å². The van der Waals surface area contributed by atoms with Crippen molar-refractivity contribution in [3.05, 3.63) is 40.6 Å². The van der Waals surface area contributed by atoms with E-state index < -0.39 is 0 Å². The summed E-state index contributed by atoms with van der Waals surface area (Å²) in [6.07, 6.45) is 8.23. The van der Waals surface area contributed by atoms with Crippen LogP contribution in [0.25, 0.3) is 0 Å². The van der Waals surface area contributed by atoms with Crippen molar-refractivity contribution in [2.45, 2.75) is 70.5 Å². The van der Waals surface area contributed by atoms with Crippen molar-refractivity contribution in [1.82, 2.24) is 20.4 Å². The Morgan fingerprint density at radius 1 is 1.27 bits per heavy atom. The van der Waals surface area contributed by atoms with Crippen molar-refractivity contribution < 1.29 is 9.21 Å². The molecule has 0 spiro atoms. The van der Waals surface area contributed by atoms with Gasteiger partial charge in [-0.3, -0.25) is 9.48 Å². The van der Waals surface area contributed by atoms with Crippen LogP contribution in [0.5, 0.6) is 0 Å². The molecule has 6 nitrogen and oxygen atoms in total. The van der Waals surface area contributed by atoms with Crippen LogP contribution in [0.15, 0.2) is 16.5 Å². The monoisotopic (exact) mass is 356 g/mol. The molecule has 2 aromatic heterocycles. The summed E-state index contributed by atoms with van der Waals surface area (Å²) in [6.45, 7) is 2.29. The third-order valence-electron chi connectivity index (χ3n) is 5.72. The fourth-order valence-electron chi connectivity index (χ4n) is 4.37. The predicted molar refractivity (Wildman–Crippen MR) is 99.0 cm³/mol. The summed E-state index contributed by atoms with van der Waals surface area (Å²) in [5.41, 5.74) is 2.89. The van der Waals surface area contributed by atoms with Gasteiger partial charge < -0.3 is 15.1 Å². The zero-order chi connectivity index (χ0) is 18.1. The molecule has 1 fully saturated rings. The molecule has 140 valence electrons. The Morgan fingerprint density at radius 3 is 2.81 bits per heavy atom. The van der Waals surface area contributed by atoms with Gasteiger partial charge in [0.1, 0.15) is 11.5 Å². The number of aromatic nitrogens is 2. The zero-order valence-electron chi connectivity index (χ0n) is 15.7. The lowest BCUT2D eigenvalue weighted by Gasteiger charge is -2.27. The second-order valence-corrected chi connectivity index (χ2v) is 7.68. The van der Waals surface area contributed by atoms with Crippen molar-refractivity contribution in [3.8, 4) is 0 Å². The van der Waals surface area contributed by atoms with Crippen molar-refractivity contribution >= 4 is 5.91 Å². The number of amides is 1. The topological polar surface area (TPSA) is 72.1 Å². The highest BCUT2D eigenvalue weighted by Crippen LogP contribution is 2.26. The van der Waals surface area contributed by atoms with Crippen LogP contribution in [0.1, 0.15) is 65.4 Å². The summed E-state index contributed by atoms with van der Waals surface area (Å²) in [4.78, 5) is 12.7. The molecule has 2 aromatic rings. The highest BCUT2D eigenvalue weighted by molar-refractivity contribution is 5.94. The minimum absolute atomic E-state index is 0.114. The minimum atomic E-state index is -0.114. The smallest absolute Gasteiger partial charge is 0.272 e. The van der Waals surface area contributed by atoms with Gasteiger partial charge in [-0.25, -0.2) is 0 Å². The summed E-state index contributed by atoms with van der Waals surface area (Å²) in [7, 11) is 1.94. The molecule has 0 unspecified atom stereocenters. The maximum Gasteiger partial charge on any atom is 0.272 e. The Hall–Kier alpha value is -2.08. The van der Waals surface area contributed by atoms with E-state index in [1.165, 1.54) is 31.4 Å². The molecule has 2 aliphatic carbocycles.